The SMILES string of the molecule is O=C(NCCCN1CCC(O)CC1)c1cc2cccc(Cl)c2o1. The normalized spacial score (nSPS) is 16.8. The maximum Gasteiger partial charge on any atom is 0.287 e. The van der Waals surface area contributed by atoms with Crippen LogP contribution in [-0.4, -0.2) is 48.2 Å². The largest absolute Gasteiger partial charge is 0.449 e. The molecule has 2 N–H and O–H groups in total. The lowest BCUT2D eigenvalue weighted by Crippen LogP contribution is -2.37. The van der Waals surface area contributed by atoms with Gasteiger partial charge in [-0.25, -0.2) is 0 Å². The summed E-state index contributed by atoms with van der Waals surface area (Å²) in [5.74, 6) is 0.0699. The minimum atomic E-state index is -0.216. The van der Waals surface area contributed by atoms with E-state index in [1.807, 2.05) is 12.1 Å². The van der Waals surface area contributed by atoms with E-state index in [4.69, 9.17) is 16.0 Å². The Hall–Kier alpha value is -1.56. The van der Waals surface area contributed by atoms with Crippen LogP contribution in [0.5, 0.6) is 0 Å². The van der Waals surface area contributed by atoms with Gasteiger partial charge >= 0.3 is 0 Å². The number of benzene rings is 1. The van der Waals surface area contributed by atoms with E-state index >= 15 is 0 Å². The molecule has 1 aliphatic heterocycles. The zero-order valence-corrected chi connectivity index (χ0v) is 13.7. The van der Waals surface area contributed by atoms with Gasteiger partial charge in [0.15, 0.2) is 11.3 Å². The minimum absolute atomic E-state index is 0.147. The fourth-order valence-electron chi connectivity index (χ4n) is 2.87. The average molecular weight is 337 g/mol. The number of hydrogen-bond acceptors (Lipinski definition) is 4. The maximum atomic E-state index is 12.1. The molecule has 1 saturated heterocycles. The van der Waals surface area contributed by atoms with Gasteiger partial charge in [-0.1, -0.05) is 23.7 Å². The fourth-order valence-corrected chi connectivity index (χ4v) is 3.09. The predicted molar refractivity (Wildman–Crippen MR) is 89.9 cm³/mol. The van der Waals surface area contributed by atoms with Gasteiger partial charge in [-0.05, 0) is 37.9 Å². The summed E-state index contributed by atoms with van der Waals surface area (Å²) in [4.78, 5) is 14.4. The molecule has 1 aliphatic rings. The Morgan fingerprint density at radius 2 is 2.17 bits per heavy atom. The fraction of sp³-hybridized carbons (Fsp3) is 0.471. The number of para-hydroxylation sites is 1. The van der Waals surface area contributed by atoms with Crippen molar-refractivity contribution in [2.24, 2.45) is 0 Å². The molecular formula is C17H21ClN2O3. The van der Waals surface area contributed by atoms with Crippen molar-refractivity contribution in [1.29, 1.82) is 0 Å². The Kier molecular flexibility index (Phi) is 5.20. The number of carbonyl (C=O) groups excluding carboxylic acids is 1. The highest BCUT2D eigenvalue weighted by Gasteiger charge is 2.17. The Morgan fingerprint density at radius 3 is 2.91 bits per heavy atom. The standard InChI is InChI=1S/C17H21ClN2O3/c18-14-4-1-3-12-11-15(23-16(12)14)17(22)19-7-2-8-20-9-5-13(21)6-10-20/h1,3-4,11,13,21H,2,5-10H2,(H,19,22). The van der Waals surface area contributed by atoms with Crippen LogP contribution in [0.25, 0.3) is 11.0 Å². The van der Waals surface area contributed by atoms with Crippen LogP contribution in [0.1, 0.15) is 29.8 Å². The first-order valence-electron chi connectivity index (χ1n) is 8.00. The second kappa shape index (κ2) is 7.34. The summed E-state index contributed by atoms with van der Waals surface area (Å²) in [6.45, 7) is 3.38. The van der Waals surface area contributed by atoms with Crippen molar-refractivity contribution < 1.29 is 14.3 Å². The molecule has 0 spiro atoms. The summed E-state index contributed by atoms with van der Waals surface area (Å²) in [6, 6.07) is 7.15. The van der Waals surface area contributed by atoms with Crippen LogP contribution in [0.2, 0.25) is 5.02 Å². The van der Waals surface area contributed by atoms with Crippen LogP contribution in [-0.2, 0) is 0 Å². The monoisotopic (exact) mass is 336 g/mol. The van der Waals surface area contributed by atoms with Crippen LogP contribution in [0, 0.1) is 0 Å². The van der Waals surface area contributed by atoms with Gasteiger partial charge in [-0.15, -0.1) is 0 Å². The summed E-state index contributed by atoms with van der Waals surface area (Å²) < 4.78 is 5.54. The van der Waals surface area contributed by atoms with E-state index in [9.17, 15) is 9.90 Å². The van der Waals surface area contributed by atoms with Crippen molar-refractivity contribution in [3.8, 4) is 0 Å². The lowest BCUT2D eigenvalue weighted by Gasteiger charge is -2.29. The molecule has 2 aromatic rings. The molecule has 5 nitrogen and oxygen atoms in total. The van der Waals surface area contributed by atoms with Crippen LogP contribution < -0.4 is 5.32 Å². The van der Waals surface area contributed by atoms with Crippen molar-refractivity contribution in [3.05, 3.63) is 35.0 Å². The number of halogens is 1. The minimum Gasteiger partial charge on any atom is -0.449 e. The number of carbonyl (C=O) groups is 1. The number of piperidine rings is 1. The topological polar surface area (TPSA) is 65.7 Å². The summed E-state index contributed by atoms with van der Waals surface area (Å²) in [7, 11) is 0. The van der Waals surface area contributed by atoms with E-state index in [0.717, 1.165) is 44.3 Å². The molecule has 0 aliphatic carbocycles. The zero-order valence-electron chi connectivity index (χ0n) is 12.9. The number of furan rings is 1. The third-order valence-corrected chi connectivity index (χ3v) is 4.51. The molecule has 0 atom stereocenters. The first-order valence-corrected chi connectivity index (χ1v) is 8.38. The van der Waals surface area contributed by atoms with E-state index < -0.39 is 0 Å². The molecule has 0 radical (unpaired) electrons. The van der Waals surface area contributed by atoms with E-state index in [2.05, 4.69) is 10.2 Å². The number of likely N-dealkylation sites (tertiary alicyclic amines) is 1. The predicted octanol–water partition coefficient (Wildman–Crippen LogP) is 2.66. The molecular weight excluding hydrogens is 316 g/mol. The van der Waals surface area contributed by atoms with Crippen LogP contribution in [0.4, 0.5) is 0 Å². The Labute approximate surface area is 140 Å². The van der Waals surface area contributed by atoms with Crippen molar-refractivity contribution in [2.75, 3.05) is 26.2 Å². The van der Waals surface area contributed by atoms with Crippen LogP contribution >= 0.6 is 11.6 Å². The lowest BCUT2D eigenvalue weighted by atomic mass is 10.1. The molecule has 6 heteroatoms. The second-order valence-corrected chi connectivity index (χ2v) is 6.36. The maximum absolute atomic E-state index is 12.1. The highest BCUT2D eigenvalue weighted by Crippen LogP contribution is 2.26. The third kappa shape index (κ3) is 4.05. The number of amides is 1. The molecule has 1 amide bonds. The van der Waals surface area contributed by atoms with Gasteiger partial charge in [0.1, 0.15) is 0 Å². The Bertz CT molecular complexity index is 678. The Balaban J connectivity index is 1.46. The highest BCUT2D eigenvalue weighted by atomic mass is 35.5. The highest BCUT2D eigenvalue weighted by molar-refractivity contribution is 6.34. The number of nitrogens with zero attached hydrogens (tertiary/aromatic N) is 1. The van der Waals surface area contributed by atoms with Gasteiger partial charge in [0.05, 0.1) is 11.1 Å². The van der Waals surface area contributed by atoms with E-state index in [1.54, 1.807) is 12.1 Å². The van der Waals surface area contributed by atoms with E-state index in [1.165, 1.54) is 0 Å². The molecule has 1 aromatic carbocycles. The first-order chi connectivity index (χ1) is 11.1. The number of aliphatic hydroxyl groups excluding tert-OH is 1. The molecule has 0 unspecified atom stereocenters. The smallest absolute Gasteiger partial charge is 0.287 e. The number of hydrogen-bond donors (Lipinski definition) is 2. The van der Waals surface area contributed by atoms with Gasteiger partial charge in [-0.3, -0.25) is 4.79 Å². The first kappa shape index (κ1) is 16.3. The zero-order chi connectivity index (χ0) is 16.2. The van der Waals surface area contributed by atoms with Gasteiger partial charge in [0, 0.05) is 25.0 Å². The number of fused-ring (bicyclic) bond motifs is 1. The summed E-state index contributed by atoms with van der Waals surface area (Å²) in [5, 5.41) is 13.7. The molecule has 1 fully saturated rings. The molecule has 1 aromatic heterocycles. The molecule has 0 saturated carbocycles. The van der Waals surface area contributed by atoms with Crippen molar-refractivity contribution in [3.63, 3.8) is 0 Å². The second-order valence-electron chi connectivity index (χ2n) is 5.95. The summed E-state index contributed by atoms with van der Waals surface area (Å²) in [6.07, 6.45) is 2.41. The number of rotatable bonds is 5. The van der Waals surface area contributed by atoms with Crippen LogP contribution in [0.15, 0.2) is 28.7 Å². The van der Waals surface area contributed by atoms with Gasteiger partial charge in [0.25, 0.3) is 5.91 Å². The summed E-state index contributed by atoms with van der Waals surface area (Å²) in [5.41, 5.74) is 0.547. The third-order valence-electron chi connectivity index (χ3n) is 4.21. The lowest BCUT2D eigenvalue weighted by molar-refractivity contribution is 0.0814. The van der Waals surface area contributed by atoms with Gasteiger partial charge in [0.2, 0.25) is 0 Å². The Morgan fingerprint density at radius 1 is 1.39 bits per heavy atom. The van der Waals surface area contributed by atoms with Crippen molar-refractivity contribution in [2.45, 2.75) is 25.4 Å². The molecule has 2 heterocycles. The molecule has 23 heavy (non-hydrogen) atoms. The van der Waals surface area contributed by atoms with E-state index in [-0.39, 0.29) is 17.8 Å². The van der Waals surface area contributed by atoms with Crippen molar-refractivity contribution >= 4 is 28.5 Å². The molecule has 3 rings (SSSR count). The van der Waals surface area contributed by atoms with E-state index in [0.29, 0.717) is 17.2 Å². The van der Waals surface area contributed by atoms with Gasteiger partial charge in [-0.2, -0.15) is 0 Å². The molecule has 0 bridgehead atoms. The quantitative estimate of drug-likeness (QED) is 0.824. The molecule has 124 valence electrons. The van der Waals surface area contributed by atoms with Crippen LogP contribution in [0.3, 0.4) is 0 Å². The number of aliphatic hydroxyl groups is 1. The van der Waals surface area contributed by atoms with Crippen molar-refractivity contribution in [1.82, 2.24) is 10.2 Å². The summed E-state index contributed by atoms with van der Waals surface area (Å²) >= 11 is 6.05. The average Bonchev–Trinajstić information content (AvgIpc) is 2.99. The van der Waals surface area contributed by atoms with Gasteiger partial charge < -0.3 is 19.7 Å². The number of nitrogens with one attached hydrogen (secondary N) is 1.